The summed E-state index contributed by atoms with van der Waals surface area (Å²) in [4.78, 5) is 0. The SMILES string of the molecule is [C]#Cc1cc(F)cc(Cl)c1. The third-order valence-corrected chi connectivity index (χ3v) is 1.23. The first-order valence-electron chi connectivity index (χ1n) is 2.61. The van der Waals surface area contributed by atoms with Gasteiger partial charge in [-0.25, -0.2) is 4.39 Å². The van der Waals surface area contributed by atoms with Crippen molar-refractivity contribution in [2.75, 3.05) is 0 Å². The summed E-state index contributed by atoms with van der Waals surface area (Å²) in [5, 5.41) is 0.287. The van der Waals surface area contributed by atoms with Gasteiger partial charge in [0.1, 0.15) is 5.82 Å². The van der Waals surface area contributed by atoms with E-state index in [1.54, 1.807) is 0 Å². The monoisotopic (exact) mass is 153 g/mol. The second kappa shape index (κ2) is 2.72. The van der Waals surface area contributed by atoms with E-state index in [-0.39, 0.29) is 5.02 Å². The minimum Gasteiger partial charge on any atom is -0.207 e. The minimum absolute atomic E-state index is 0.287. The van der Waals surface area contributed by atoms with E-state index in [0.717, 1.165) is 0 Å². The molecule has 0 atom stereocenters. The maximum atomic E-state index is 12.4. The Kier molecular flexibility index (Phi) is 1.94. The number of hydrogen-bond donors (Lipinski definition) is 0. The van der Waals surface area contributed by atoms with Gasteiger partial charge in [0, 0.05) is 10.6 Å². The summed E-state index contributed by atoms with van der Waals surface area (Å²) < 4.78 is 12.4. The largest absolute Gasteiger partial charge is 0.207 e. The standard InChI is InChI=1S/C8H3ClF/c1-2-6-3-7(9)5-8(10)4-6/h3-5H. The zero-order valence-corrected chi connectivity index (χ0v) is 5.74. The number of halogens is 2. The Morgan fingerprint density at radius 1 is 1.40 bits per heavy atom. The van der Waals surface area contributed by atoms with Crippen LogP contribution >= 0.6 is 11.6 Å². The minimum atomic E-state index is -0.442. The van der Waals surface area contributed by atoms with Crippen LogP contribution in [0.1, 0.15) is 5.56 Å². The molecule has 0 spiro atoms. The predicted octanol–water partition coefficient (Wildman–Crippen LogP) is 2.42. The first-order chi connectivity index (χ1) is 4.72. The van der Waals surface area contributed by atoms with E-state index in [4.69, 9.17) is 18.0 Å². The van der Waals surface area contributed by atoms with E-state index in [2.05, 4.69) is 0 Å². The topological polar surface area (TPSA) is 0 Å². The average Bonchev–Trinajstić information content (AvgIpc) is 1.85. The van der Waals surface area contributed by atoms with Gasteiger partial charge in [-0.05, 0) is 24.6 Å². The molecule has 0 aromatic heterocycles. The van der Waals surface area contributed by atoms with Crippen LogP contribution in [-0.4, -0.2) is 0 Å². The molecule has 10 heavy (non-hydrogen) atoms. The molecule has 2 heteroatoms. The maximum absolute atomic E-state index is 12.4. The van der Waals surface area contributed by atoms with Crippen LogP contribution < -0.4 is 0 Å². The van der Waals surface area contributed by atoms with E-state index >= 15 is 0 Å². The molecule has 0 aliphatic carbocycles. The smallest absolute Gasteiger partial charge is 0.125 e. The summed E-state index contributed by atoms with van der Waals surface area (Å²) in [6.45, 7) is 0. The molecule has 0 heterocycles. The molecule has 0 saturated heterocycles. The molecule has 1 aromatic rings. The van der Waals surface area contributed by atoms with Crippen molar-refractivity contribution in [3.63, 3.8) is 0 Å². The molecule has 0 aliphatic heterocycles. The van der Waals surface area contributed by atoms with Gasteiger partial charge in [-0.15, -0.1) is 0 Å². The third-order valence-electron chi connectivity index (χ3n) is 1.01. The molecule has 0 saturated carbocycles. The third kappa shape index (κ3) is 1.49. The van der Waals surface area contributed by atoms with Crippen molar-refractivity contribution in [3.05, 3.63) is 41.0 Å². The average molecular weight is 154 g/mol. The summed E-state index contributed by atoms with van der Waals surface area (Å²) in [6, 6.07) is 3.85. The fraction of sp³-hybridized carbons (Fsp3) is 0. The van der Waals surface area contributed by atoms with E-state index in [1.165, 1.54) is 18.2 Å². The second-order valence-corrected chi connectivity index (χ2v) is 2.22. The van der Waals surface area contributed by atoms with E-state index in [9.17, 15) is 4.39 Å². The Hall–Kier alpha value is -1.00. The number of hydrogen-bond acceptors (Lipinski definition) is 0. The summed E-state index contributed by atoms with van der Waals surface area (Å²) in [6.07, 6.45) is 6.66. The molecule has 1 rings (SSSR count). The van der Waals surface area contributed by atoms with Crippen LogP contribution in [0, 0.1) is 18.2 Å². The summed E-state index contributed by atoms with van der Waals surface area (Å²) in [7, 11) is 0. The van der Waals surface area contributed by atoms with Gasteiger partial charge in [-0.3, -0.25) is 0 Å². The van der Waals surface area contributed by atoms with Gasteiger partial charge in [0.05, 0.1) is 0 Å². The molecule has 0 nitrogen and oxygen atoms in total. The van der Waals surface area contributed by atoms with Gasteiger partial charge in [0.15, 0.2) is 0 Å². The molecule has 49 valence electrons. The Bertz CT molecular complexity index is 266. The lowest BCUT2D eigenvalue weighted by Crippen LogP contribution is -1.77. The van der Waals surface area contributed by atoms with Gasteiger partial charge in [0.25, 0.3) is 0 Å². The molecule has 0 fully saturated rings. The van der Waals surface area contributed by atoms with Crippen molar-refractivity contribution in [2.24, 2.45) is 0 Å². The van der Waals surface area contributed by atoms with Crippen molar-refractivity contribution in [2.45, 2.75) is 0 Å². The number of benzene rings is 1. The molecule has 0 bridgehead atoms. The van der Waals surface area contributed by atoms with Crippen LogP contribution in [0.2, 0.25) is 5.02 Å². The van der Waals surface area contributed by atoms with Gasteiger partial charge < -0.3 is 0 Å². The van der Waals surface area contributed by atoms with Crippen molar-refractivity contribution in [1.29, 1.82) is 0 Å². The van der Waals surface area contributed by atoms with E-state index in [1.807, 2.05) is 5.92 Å². The summed E-state index contributed by atoms with van der Waals surface area (Å²) >= 11 is 5.47. The van der Waals surface area contributed by atoms with Crippen molar-refractivity contribution in [1.82, 2.24) is 0 Å². The maximum Gasteiger partial charge on any atom is 0.125 e. The summed E-state index contributed by atoms with van der Waals surface area (Å²) in [5.74, 6) is 1.59. The Morgan fingerprint density at radius 3 is 2.60 bits per heavy atom. The first-order valence-corrected chi connectivity index (χ1v) is 2.99. The zero-order valence-electron chi connectivity index (χ0n) is 4.99. The second-order valence-electron chi connectivity index (χ2n) is 1.78. The highest BCUT2D eigenvalue weighted by molar-refractivity contribution is 6.30. The first kappa shape index (κ1) is 7.11. The van der Waals surface area contributed by atoms with Gasteiger partial charge in [0.2, 0.25) is 0 Å². The lowest BCUT2D eigenvalue weighted by molar-refractivity contribution is 0.627. The van der Waals surface area contributed by atoms with Crippen LogP contribution in [0.25, 0.3) is 0 Å². The lowest BCUT2D eigenvalue weighted by Gasteiger charge is -1.91. The molecular formula is C8H3ClF. The zero-order chi connectivity index (χ0) is 7.56. The van der Waals surface area contributed by atoms with E-state index in [0.29, 0.717) is 5.56 Å². The molecule has 1 radical (unpaired) electrons. The highest BCUT2D eigenvalue weighted by Gasteiger charge is 1.94. The van der Waals surface area contributed by atoms with Gasteiger partial charge >= 0.3 is 0 Å². The number of rotatable bonds is 0. The fourth-order valence-corrected chi connectivity index (χ4v) is 0.848. The normalized spacial score (nSPS) is 8.90. The van der Waals surface area contributed by atoms with Crippen molar-refractivity contribution in [3.8, 4) is 5.92 Å². The summed E-state index contributed by atoms with van der Waals surface area (Å²) in [5.41, 5.74) is 0.352. The highest BCUT2D eigenvalue weighted by Crippen LogP contribution is 2.12. The van der Waals surface area contributed by atoms with Crippen LogP contribution in [0.3, 0.4) is 0 Å². The van der Waals surface area contributed by atoms with E-state index < -0.39 is 5.82 Å². The molecular weight excluding hydrogens is 151 g/mol. The van der Waals surface area contributed by atoms with Crippen LogP contribution in [-0.2, 0) is 0 Å². The molecule has 1 aromatic carbocycles. The molecule has 0 aliphatic rings. The Balaban J connectivity index is 3.22. The van der Waals surface area contributed by atoms with Crippen LogP contribution in [0.5, 0.6) is 0 Å². The quantitative estimate of drug-likeness (QED) is 0.502. The van der Waals surface area contributed by atoms with Gasteiger partial charge in [-0.1, -0.05) is 17.5 Å². The molecule has 0 N–H and O–H groups in total. The van der Waals surface area contributed by atoms with Crippen molar-refractivity contribution < 1.29 is 4.39 Å². The van der Waals surface area contributed by atoms with Crippen LogP contribution in [0.4, 0.5) is 4.39 Å². The Labute approximate surface area is 63.6 Å². The Morgan fingerprint density at radius 2 is 2.10 bits per heavy atom. The van der Waals surface area contributed by atoms with Crippen LogP contribution in [0.15, 0.2) is 18.2 Å². The predicted molar refractivity (Wildman–Crippen MR) is 37.6 cm³/mol. The lowest BCUT2D eigenvalue weighted by atomic mass is 10.2. The fourth-order valence-electron chi connectivity index (χ4n) is 0.626. The highest BCUT2D eigenvalue weighted by atomic mass is 35.5. The molecule has 0 amide bonds. The molecule has 0 unspecified atom stereocenters. The van der Waals surface area contributed by atoms with Crippen molar-refractivity contribution >= 4 is 11.6 Å². The van der Waals surface area contributed by atoms with Gasteiger partial charge in [-0.2, -0.15) is 0 Å².